The van der Waals surface area contributed by atoms with Crippen LogP contribution in [-0.2, 0) is 7.05 Å². The number of aryl methyl sites for hydroxylation is 2. The lowest BCUT2D eigenvalue weighted by Gasteiger charge is -2.03. The Hall–Kier alpha value is -2.43. The summed E-state index contributed by atoms with van der Waals surface area (Å²) < 4.78 is 3.76. The van der Waals surface area contributed by atoms with Crippen LogP contribution in [0.3, 0.4) is 0 Å². The lowest BCUT2D eigenvalue weighted by Crippen LogP contribution is -1.97. The zero-order valence-electron chi connectivity index (χ0n) is 10.3. The fourth-order valence-corrected chi connectivity index (χ4v) is 1.86. The van der Waals surface area contributed by atoms with E-state index in [9.17, 15) is 0 Å². The molecular formula is C13H13N5. The molecule has 5 heteroatoms. The van der Waals surface area contributed by atoms with Crippen LogP contribution in [0.15, 0.2) is 42.7 Å². The molecule has 3 rings (SSSR count). The van der Waals surface area contributed by atoms with Gasteiger partial charge >= 0.3 is 0 Å². The van der Waals surface area contributed by atoms with E-state index in [-0.39, 0.29) is 0 Å². The van der Waals surface area contributed by atoms with Crippen molar-refractivity contribution in [2.24, 2.45) is 7.05 Å². The van der Waals surface area contributed by atoms with Crippen LogP contribution in [0.5, 0.6) is 0 Å². The van der Waals surface area contributed by atoms with Crippen molar-refractivity contribution in [1.29, 1.82) is 0 Å². The smallest absolute Gasteiger partial charge is 0.188 e. The van der Waals surface area contributed by atoms with Gasteiger partial charge in [0.1, 0.15) is 12.0 Å². The molecule has 3 aromatic rings. The predicted octanol–water partition coefficient (Wildman–Crippen LogP) is 1.98. The Balaban J connectivity index is 2.12. The largest absolute Gasteiger partial charge is 0.280 e. The highest BCUT2D eigenvalue weighted by atomic mass is 15.3. The lowest BCUT2D eigenvalue weighted by molar-refractivity contribution is 0.740. The maximum Gasteiger partial charge on any atom is 0.188 e. The van der Waals surface area contributed by atoms with Crippen LogP contribution in [0.4, 0.5) is 0 Å². The first-order valence-corrected chi connectivity index (χ1v) is 5.72. The van der Waals surface area contributed by atoms with Crippen molar-refractivity contribution >= 4 is 0 Å². The highest BCUT2D eigenvalue weighted by Gasteiger charge is 2.12. The molecule has 0 aliphatic heterocycles. The van der Waals surface area contributed by atoms with E-state index in [1.165, 1.54) is 0 Å². The van der Waals surface area contributed by atoms with E-state index >= 15 is 0 Å². The van der Waals surface area contributed by atoms with Gasteiger partial charge in [0.25, 0.3) is 0 Å². The number of para-hydroxylation sites is 1. The Kier molecular flexibility index (Phi) is 2.44. The van der Waals surface area contributed by atoms with Crippen LogP contribution < -0.4 is 0 Å². The first-order chi connectivity index (χ1) is 8.75. The minimum absolute atomic E-state index is 0.755. The van der Waals surface area contributed by atoms with Gasteiger partial charge in [-0.25, -0.2) is 0 Å². The Labute approximate surface area is 105 Å². The number of rotatable bonds is 2. The molecule has 0 saturated carbocycles. The molecule has 0 amide bonds. The summed E-state index contributed by atoms with van der Waals surface area (Å²) in [5.74, 6) is 0.755. The van der Waals surface area contributed by atoms with Crippen molar-refractivity contribution in [3.63, 3.8) is 0 Å². The molecule has 0 aliphatic rings. The Morgan fingerprint density at radius 2 is 1.89 bits per heavy atom. The maximum absolute atomic E-state index is 4.43. The number of hydrogen-bond acceptors (Lipinski definition) is 3. The van der Waals surface area contributed by atoms with Gasteiger partial charge in [0.2, 0.25) is 0 Å². The number of hydrogen-bond donors (Lipinski definition) is 0. The number of benzene rings is 1. The molecule has 0 saturated heterocycles. The van der Waals surface area contributed by atoms with Crippen molar-refractivity contribution in [3.05, 3.63) is 48.4 Å². The van der Waals surface area contributed by atoms with E-state index in [0.717, 1.165) is 22.9 Å². The average Bonchev–Trinajstić information content (AvgIpc) is 2.98. The van der Waals surface area contributed by atoms with Gasteiger partial charge in [-0.1, -0.05) is 18.2 Å². The molecule has 0 unspecified atom stereocenters. The Morgan fingerprint density at radius 1 is 1.11 bits per heavy atom. The van der Waals surface area contributed by atoms with Gasteiger partial charge in [-0.3, -0.25) is 9.25 Å². The second kappa shape index (κ2) is 4.10. The van der Waals surface area contributed by atoms with E-state index in [0.29, 0.717) is 0 Å². The molecule has 5 nitrogen and oxygen atoms in total. The summed E-state index contributed by atoms with van der Waals surface area (Å²) in [4.78, 5) is 0. The molecule has 0 bridgehead atoms. The summed E-state index contributed by atoms with van der Waals surface area (Å²) in [7, 11) is 1.92. The fraction of sp³-hybridized carbons (Fsp3) is 0.154. The van der Waals surface area contributed by atoms with Crippen molar-refractivity contribution < 1.29 is 0 Å². The zero-order chi connectivity index (χ0) is 12.5. The SMILES string of the molecule is Cc1cc(-c2nncn2-c2ccccc2)nn1C. The molecule has 18 heavy (non-hydrogen) atoms. The van der Waals surface area contributed by atoms with Gasteiger partial charge in [-0.2, -0.15) is 5.10 Å². The van der Waals surface area contributed by atoms with E-state index in [1.54, 1.807) is 6.33 Å². The molecule has 2 heterocycles. The third kappa shape index (κ3) is 1.69. The number of nitrogens with zero attached hydrogens (tertiary/aromatic N) is 5. The van der Waals surface area contributed by atoms with Crippen molar-refractivity contribution in [2.75, 3.05) is 0 Å². The minimum atomic E-state index is 0.755. The Morgan fingerprint density at radius 3 is 2.56 bits per heavy atom. The molecule has 2 aromatic heterocycles. The van der Waals surface area contributed by atoms with Gasteiger partial charge in [-0.05, 0) is 25.1 Å². The molecule has 1 aromatic carbocycles. The molecule has 0 atom stereocenters. The molecular weight excluding hydrogens is 226 g/mol. The van der Waals surface area contributed by atoms with Crippen LogP contribution in [0.2, 0.25) is 0 Å². The average molecular weight is 239 g/mol. The molecule has 0 fully saturated rings. The summed E-state index contributed by atoms with van der Waals surface area (Å²) in [6.07, 6.45) is 1.70. The summed E-state index contributed by atoms with van der Waals surface area (Å²) in [6.45, 7) is 2.01. The zero-order valence-corrected chi connectivity index (χ0v) is 10.3. The maximum atomic E-state index is 4.43. The standard InChI is InChI=1S/C13H13N5/c1-10-8-12(16-17(10)2)13-15-14-9-18(13)11-6-4-3-5-7-11/h3-9H,1-2H3. The van der Waals surface area contributed by atoms with Gasteiger partial charge in [-0.15, -0.1) is 10.2 Å². The minimum Gasteiger partial charge on any atom is -0.280 e. The quantitative estimate of drug-likeness (QED) is 0.687. The highest BCUT2D eigenvalue weighted by Crippen LogP contribution is 2.19. The summed E-state index contributed by atoms with van der Waals surface area (Å²) in [5.41, 5.74) is 2.95. The second-order valence-corrected chi connectivity index (χ2v) is 4.15. The highest BCUT2D eigenvalue weighted by molar-refractivity contribution is 5.53. The van der Waals surface area contributed by atoms with E-state index < -0.39 is 0 Å². The topological polar surface area (TPSA) is 48.5 Å². The van der Waals surface area contributed by atoms with Gasteiger partial charge in [0.05, 0.1) is 0 Å². The third-order valence-electron chi connectivity index (χ3n) is 2.92. The van der Waals surface area contributed by atoms with Crippen molar-refractivity contribution in [3.8, 4) is 17.2 Å². The third-order valence-corrected chi connectivity index (χ3v) is 2.92. The summed E-state index contributed by atoms with van der Waals surface area (Å²) >= 11 is 0. The molecule has 0 radical (unpaired) electrons. The Bertz CT molecular complexity index is 646. The van der Waals surface area contributed by atoms with Gasteiger partial charge < -0.3 is 0 Å². The summed E-state index contributed by atoms with van der Waals surface area (Å²) in [6, 6.07) is 12.0. The lowest BCUT2D eigenvalue weighted by atomic mass is 10.3. The monoisotopic (exact) mass is 239 g/mol. The molecule has 0 spiro atoms. The predicted molar refractivity (Wildman–Crippen MR) is 68.3 cm³/mol. The van der Waals surface area contributed by atoms with E-state index in [2.05, 4.69) is 15.3 Å². The molecule has 0 N–H and O–H groups in total. The molecule has 90 valence electrons. The van der Waals surface area contributed by atoms with Crippen LogP contribution >= 0.6 is 0 Å². The first-order valence-electron chi connectivity index (χ1n) is 5.72. The van der Waals surface area contributed by atoms with Crippen LogP contribution in [0.25, 0.3) is 17.2 Å². The second-order valence-electron chi connectivity index (χ2n) is 4.15. The van der Waals surface area contributed by atoms with Gasteiger partial charge in [0, 0.05) is 18.4 Å². The van der Waals surface area contributed by atoms with Crippen molar-refractivity contribution in [2.45, 2.75) is 6.92 Å². The fourth-order valence-electron chi connectivity index (χ4n) is 1.86. The van der Waals surface area contributed by atoms with E-state index in [1.807, 2.05) is 59.6 Å². The van der Waals surface area contributed by atoms with E-state index in [4.69, 9.17) is 0 Å². The van der Waals surface area contributed by atoms with Crippen LogP contribution in [0.1, 0.15) is 5.69 Å². The van der Waals surface area contributed by atoms with Crippen LogP contribution in [0, 0.1) is 6.92 Å². The van der Waals surface area contributed by atoms with Crippen LogP contribution in [-0.4, -0.2) is 24.5 Å². The summed E-state index contributed by atoms with van der Waals surface area (Å²) in [5, 5.41) is 12.6. The normalized spacial score (nSPS) is 10.8. The first kappa shape index (κ1) is 10.7. The van der Waals surface area contributed by atoms with Crippen molar-refractivity contribution in [1.82, 2.24) is 24.5 Å². The number of aromatic nitrogens is 5. The molecule has 0 aliphatic carbocycles. The van der Waals surface area contributed by atoms with Gasteiger partial charge in [0.15, 0.2) is 5.82 Å².